The van der Waals surface area contributed by atoms with E-state index in [4.69, 9.17) is 0 Å². The second kappa shape index (κ2) is 8.19. The maximum atomic E-state index is 13.1. The molecule has 1 saturated carbocycles. The van der Waals surface area contributed by atoms with Crippen LogP contribution in [0.2, 0.25) is 0 Å². The fraction of sp³-hybridized carbons (Fsp3) is 0.455. The number of hydrogen-bond donors (Lipinski definition) is 1. The van der Waals surface area contributed by atoms with E-state index in [1.165, 1.54) is 23.8 Å². The molecule has 1 aliphatic carbocycles. The monoisotopic (exact) mass is 393 g/mol. The van der Waals surface area contributed by atoms with E-state index in [2.05, 4.69) is 15.4 Å². The number of carbonyl (C=O) groups is 1. The molecule has 7 heteroatoms. The smallest absolute Gasteiger partial charge is 0.279 e. The zero-order valence-electron chi connectivity index (χ0n) is 17.0. The molecule has 7 nitrogen and oxygen atoms in total. The van der Waals surface area contributed by atoms with Gasteiger partial charge in [-0.15, -0.1) is 5.10 Å². The van der Waals surface area contributed by atoms with Gasteiger partial charge in [-0.3, -0.25) is 9.59 Å². The van der Waals surface area contributed by atoms with E-state index in [0.29, 0.717) is 30.0 Å². The third-order valence-corrected chi connectivity index (χ3v) is 5.88. The van der Waals surface area contributed by atoms with Gasteiger partial charge in [-0.25, -0.2) is 0 Å². The Morgan fingerprint density at radius 3 is 2.62 bits per heavy atom. The third-order valence-electron chi connectivity index (χ3n) is 5.88. The molecule has 1 N–H and O–H groups in total. The summed E-state index contributed by atoms with van der Waals surface area (Å²) in [6.07, 6.45) is 6.42. The molecular weight excluding hydrogens is 366 g/mol. The Bertz CT molecular complexity index is 1080. The first-order valence-electron chi connectivity index (χ1n) is 10.3. The first kappa shape index (κ1) is 19.4. The van der Waals surface area contributed by atoms with Gasteiger partial charge in [0.15, 0.2) is 5.82 Å². The maximum absolute atomic E-state index is 13.1. The molecule has 0 unspecified atom stereocenters. The molecule has 0 bridgehead atoms. The van der Waals surface area contributed by atoms with Gasteiger partial charge in [0, 0.05) is 36.3 Å². The Kier molecular flexibility index (Phi) is 5.47. The Morgan fingerprint density at radius 2 is 1.90 bits per heavy atom. The number of nitrogens with one attached hydrogen (secondary N) is 1. The van der Waals surface area contributed by atoms with Gasteiger partial charge in [0.1, 0.15) is 0 Å². The minimum absolute atomic E-state index is 0.0158. The minimum atomic E-state index is -0.198. The molecule has 152 valence electrons. The highest BCUT2D eigenvalue weighted by molar-refractivity contribution is 5.76. The van der Waals surface area contributed by atoms with Crippen LogP contribution in [-0.2, 0) is 18.3 Å². The highest BCUT2D eigenvalue weighted by Gasteiger charge is 2.19. The van der Waals surface area contributed by atoms with E-state index in [1.807, 2.05) is 48.9 Å². The Hall–Kier alpha value is -2.96. The van der Waals surface area contributed by atoms with Crippen molar-refractivity contribution in [2.24, 2.45) is 7.05 Å². The summed E-state index contributed by atoms with van der Waals surface area (Å²) in [4.78, 5) is 30.0. The molecule has 0 spiro atoms. The van der Waals surface area contributed by atoms with Gasteiger partial charge in [0.05, 0.1) is 0 Å². The topological polar surface area (TPSA) is 81.3 Å². The minimum Gasteiger partial charge on any atom is -0.353 e. The fourth-order valence-electron chi connectivity index (χ4n) is 4.07. The molecule has 3 aromatic rings. The number of carbonyl (C=O) groups excluding carboxylic acids is 1. The first-order chi connectivity index (χ1) is 14.0. The van der Waals surface area contributed by atoms with Crippen molar-refractivity contribution in [2.75, 3.05) is 0 Å². The van der Waals surface area contributed by atoms with Gasteiger partial charge < -0.3 is 9.88 Å². The summed E-state index contributed by atoms with van der Waals surface area (Å²) in [5, 5.41) is 7.56. The van der Waals surface area contributed by atoms with Crippen molar-refractivity contribution >= 4 is 11.7 Å². The summed E-state index contributed by atoms with van der Waals surface area (Å²) < 4.78 is 3.22. The van der Waals surface area contributed by atoms with Crippen LogP contribution < -0.4 is 10.9 Å². The van der Waals surface area contributed by atoms with Crippen LogP contribution in [0.3, 0.4) is 0 Å². The van der Waals surface area contributed by atoms with Crippen LogP contribution in [0.5, 0.6) is 0 Å². The number of nitrogens with zero attached hydrogens (tertiary/aromatic N) is 4. The van der Waals surface area contributed by atoms with Gasteiger partial charge >= 0.3 is 0 Å². The second-order valence-electron chi connectivity index (χ2n) is 7.84. The van der Waals surface area contributed by atoms with Crippen LogP contribution in [0, 0.1) is 6.92 Å². The van der Waals surface area contributed by atoms with Gasteiger partial charge in [-0.1, -0.05) is 49.6 Å². The lowest BCUT2D eigenvalue weighted by Crippen LogP contribution is -2.36. The van der Waals surface area contributed by atoms with Gasteiger partial charge in [-0.2, -0.15) is 9.50 Å². The van der Waals surface area contributed by atoms with Crippen molar-refractivity contribution in [3.8, 4) is 11.4 Å². The summed E-state index contributed by atoms with van der Waals surface area (Å²) in [5.41, 5.74) is 2.10. The average Bonchev–Trinajstić information content (AvgIpc) is 3.19. The van der Waals surface area contributed by atoms with Crippen LogP contribution >= 0.6 is 0 Å². The molecule has 0 atom stereocenters. The standard InChI is InChI=1S/C22H27N5O2/c1-15-18(13-14-19(28)23-17-11-7-4-8-12-17)21(29)27-22(26(15)2)24-20(25-27)16-9-5-3-6-10-16/h3,5-6,9-10,17H,4,7-8,11-14H2,1-2H3,(H,23,28). The number of fused-ring (bicyclic) bond motifs is 1. The van der Waals surface area contributed by atoms with Crippen LogP contribution in [-0.4, -0.2) is 31.1 Å². The van der Waals surface area contributed by atoms with Crippen molar-refractivity contribution < 1.29 is 4.79 Å². The van der Waals surface area contributed by atoms with Crippen LogP contribution in [0.25, 0.3) is 17.2 Å². The molecule has 1 amide bonds. The van der Waals surface area contributed by atoms with Crippen LogP contribution in [0.15, 0.2) is 35.1 Å². The van der Waals surface area contributed by atoms with E-state index in [1.54, 1.807) is 0 Å². The van der Waals surface area contributed by atoms with Crippen molar-refractivity contribution in [3.05, 3.63) is 51.9 Å². The highest BCUT2D eigenvalue weighted by Crippen LogP contribution is 2.18. The summed E-state index contributed by atoms with van der Waals surface area (Å²) in [6, 6.07) is 9.89. The van der Waals surface area contributed by atoms with E-state index in [9.17, 15) is 9.59 Å². The number of amides is 1. The number of rotatable bonds is 5. The first-order valence-corrected chi connectivity index (χ1v) is 10.3. The van der Waals surface area contributed by atoms with Crippen molar-refractivity contribution in [1.82, 2.24) is 24.5 Å². The van der Waals surface area contributed by atoms with Crippen molar-refractivity contribution in [2.45, 2.75) is 57.9 Å². The molecule has 0 radical (unpaired) electrons. The Morgan fingerprint density at radius 1 is 1.17 bits per heavy atom. The Balaban J connectivity index is 1.58. The largest absolute Gasteiger partial charge is 0.353 e. The lowest BCUT2D eigenvalue weighted by atomic mass is 9.95. The van der Waals surface area contributed by atoms with Crippen LogP contribution in [0.1, 0.15) is 49.8 Å². The van der Waals surface area contributed by atoms with Crippen molar-refractivity contribution in [1.29, 1.82) is 0 Å². The van der Waals surface area contributed by atoms with Gasteiger partial charge in [0.2, 0.25) is 11.7 Å². The third kappa shape index (κ3) is 3.95. The quantitative estimate of drug-likeness (QED) is 0.723. The summed E-state index contributed by atoms with van der Waals surface area (Å²) in [5.74, 6) is 1.04. The highest BCUT2D eigenvalue weighted by atomic mass is 16.1. The average molecular weight is 393 g/mol. The molecule has 2 aromatic heterocycles. The summed E-state index contributed by atoms with van der Waals surface area (Å²) in [6.45, 7) is 1.90. The predicted octanol–water partition coefficient (Wildman–Crippen LogP) is 2.78. The molecule has 1 aliphatic rings. The molecule has 0 saturated heterocycles. The normalized spacial score (nSPS) is 15.0. The lowest BCUT2D eigenvalue weighted by Gasteiger charge is -2.22. The zero-order valence-corrected chi connectivity index (χ0v) is 17.0. The molecular formula is C22H27N5O2. The summed E-state index contributed by atoms with van der Waals surface area (Å²) >= 11 is 0. The van der Waals surface area contributed by atoms with Crippen LogP contribution in [0.4, 0.5) is 0 Å². The SMILES string of the molecule is Cc1c(CCC(=O)NC2CCCCC2)c(=O)n2nc(-c3ccccc3)nc2n1C. The second-order valence-corrected chi connectivity index (χ2v) is 7.84. The molecule has 1 aromatic carbocycles. The fourth-order valence-corrected chi connectivity index (χ4v) is 4.07. The number of aromatic nitrogens is 4. The molecule has 2 heterocycles. The van der Waals surface area contributed by atoms with E-state index >= 15 is 0 Å². The molecule has 29 heavy (non-hydrogen) atoms. The van der Waals surface area contributed by atoms with Gasteiger partial charge in [0.25, 0.3) is 5.56 Å². The van der Waals surface area contributed by atoms with E-state index < -0.39 is 0 Å². The number of aryl methyl sites for hydroxylation is 1. The predicted molar refractivity (Wildman–Crippen MR) is 112 cm³/mol. The summed E-state index contributed by atoms with van der Waals surface area (Å²) in [7, 11) is 1.87. The molecule has 0 aliphatic heterocycles. The van der Waals surface area contributed by atoms with Gasteiger partial charge in [-0.05, 0) is 26.2 Å². The zero-order chi connectivity index (χ0) is 20.4. The molecule has 1 fully saturated rings. The lowest BCUT2D eigenvalue weighted by molar-refractivity contribution is -0.121. The molecule has 4 rings (SSSR count). The Labute approximate surface area is 169 Å². The maximum Gasteiger partial charge on any atom is 0.279 e. The number of hydrogen-bond acceptors (Lipinski definition) is 4. The van der Waals surface area contributed by atoms with E-state index in [-0.39, 0.29) is 17.5 Å². The van der Waals surface area contributed by atoms with Crippen molar-refractivity contribution in [3.63, 3.8) is 0 Å². The van der Waals surface area contributed by atoms with E-state index in [0.717, 1.165) is 24.1 Å². The number of benzene rings is 1.